The Hall–Kier alpha value is -1.97. The van der Waals surface area contributed by atoms with Gasteiger partial charge < -0.3 is 10.1 Å². The smallest absolute Gasteiger partial charge is 0.418 e. The standard InChI is InChI=1S/C18H14ClF3N2O2S2/c1-2-26-11-4-6-14-15(8-11)28-17(24-14)27-9-16(25)23-13-5-3-10(19)7-12(13)18(20,21)22/h3-8H,2,9H2,1H3,(H,23,25). The molecular weight excluding hydrogens is 433 g/mol. The highest BCUT2D eigenvalue weighted by Crippen LogP contribution is 2.37. The van der Waals surface area contributed by atoms with Crippen LogP contribution in [0.3, 0.4) is 0 Å². The largest absolute Gasteiger partial charge is 0.494 e. The summed E-state index contributed by atoms with van der Waals surface area (Å²) in [6, 6.07) is 8.72. The van der Waals surface area contributed by atoms with Gasteiger partial charge in [-0.05, 0) is 43.3 Å². The number of halogens is 4. The molecule has 0 saturated carbocycles. The number of anilines is 1. The van der Waals surface area contributed by atoms with Crippen LogP contribution < -0.4 is 10.1 Å². The van der Waals surface area contributed by atoms with E-state index in [4.69, 9.17) is 16.3 Å². The van der Waals surface area contributed by atoms with Crippen LogP contribution in [-0.2, 0) is 11.0 Å². The van der Waals surface area contributed by atoms with Crippen molar-refractivity contribution >= 4 is 56.5 Å². The van der Waals surface area contributed by atoms with Gasteiger partial charge in [0.05, 0.1) is 33.8 Å². The van der Waals surface area contributed by atoms with Crippen LogP contribution in [0.4, 0.5) is 18.9 Å². The van der Waals surface area contributed by atoms with E-state index in [2.05, 4.69) is 10.3 Å². The lowest BCUT2D eigenvalue weighted by atomic mass is 10.1. The van der Waals surface area contributed by atoms with Gasteiger partial charge in [-0.15, -0.1) is 11.3 Å². The Morgan fingerprint density at radius 1 is 1.29 bits per heavy atom. The van der Waals surface area contributed by atoms with E-state index >= 15 is 0 Å². The van der Waals surface area contributed by atoms with Crippen molar-refractivity contribution in [2.24, 2.45) is 0 Å². The number of fused-ring (bicyclic) bond motifs is 1. The zero-order valence-electron chi connectivity index (χ0n) is 14.5. The first-order valence-electron chi connectivity index (χ1n) is 8.09. The van der Waals surface area contributed by atoms with Crippen molar-refractivity contribution in [2.75, 3.05) is 17.7 Å². The minimum absolute atomic E-state index is 0.0550. The van der Waals surface area contributed by atoms with Gasteiger partial charge in [0.25, 0.3) is 0 Å². The molecule has 0 aliphatic carbocycles. The lowest BCUT2D eigenvalue weighted by Gasteiger charge is -2.13. The molecule has 0 unspecified atom stereocenters. The molecule has 1 amide bonds. The van der Waals surface area contributed by atoms with Crippen LogP contribution in [0.5, 0.6) is 5.75 Å². The number of ether oxygens (including phenoxy) is 1. The maximum atomic E-state index is 13.1. The quantitative estimate of drug-likeness (QED) is 0.465. The van der Waals surface area contributed by atoms with E-state index in [-0.39, 0.29) is 16.5 Å². The van der Waals surface area contributed by atoms with Gasteiger partial charge in [-0.2, -0.15) is 13.2 Å². The lowest BCUT2D eigenvalue weighted by molar-refractivity contribution is -0.137. The van der Waals surface area contributed by atoms with Crippen molar-refractivity contribution in [1.29, 1.82) is 0 Å². The lowest BCUT2D eigenvalue weighted by Crippen LogP contribution is -2.18. The highest BCUT2D eigenvalue weighted by molar-refractivity contribution is 8.01. The van der Waals surface area contributed by atoms with Crippen molar-refractivity contribution in [2.45, 2.75) is 17.4 Å². The first-order chi connectivity index (χ1) is 13.3. The van der Waals surface area contributed by atoms with Gasteiger partial charge in [-0.1, -0.05) is 23.4 Å². The molecule has 0 aliphatic rings. The molecule has 0 spiro atoms. The molecular formula is C18H14ClF3N2O2S2. The first kappa shape index (κ1) is 20.8. The number of alkyl halides is 3. The first-order valence-corrected chi connectivity index (χ1v) is 10.3. The van der Waals surface area contributed by atoms with Crippen LogP contribution in [0.25, 0.3) is 10.2 Å². The van der Waals surface area contributed by atoms with E-state index in [1.54, 1.807) is 0 Å². The summed E-state index contributed by atoms with van der Waals surface area (Å²) >= 11 is 8.18. The molecule has 4 nitrogen and oxygen atoms in total. The molecule has 10 heteroatoms. The van der Waals surface area contributed by atoms with Crippen LogP contribution in [0.1, 0.15) is 12.5 Å². The number of nitrogens with one attached hydrogen (secondary N) is 1. The van der Waals surface area contributed by atoms with Crippen molar-refractivity contribution in [1.82, 2.24) is 4.98 Å². The Labute approximate surface area is 172 Å². The van der Waals surface area contributed by atoms with E-state index in [0.29, 0.717) is 10.9 Å². The Bertz CT molecular complexity index is 1010. The number of hydrogen-bond acceptors (Lipinski definition) is 5. The molecule has 1 N–H and O–H groups in total. The SMILES string of the molecule is CCOc1ccc2nc(SCC(=O)Nc3ccc(Cl)cc3C(F)(F)F)sc2c1. The maximum absolute atomic E-state index is 13.1. The van der Waals surface area contributed by atoms with Crippen molar-refractivity contribution in [3.8, 4) is 5.75 Å². The summed E-state index contributed by atoms with van der Waals surface area (Å²) in [5, 5.41) is 2.24. The molecule has 0 aliphatic heterocycles. The Balaban J connectivity index is 1.67. The zero-order valence-corrected chi connectivity index (χ0v) is 16.9. The van der Waals surface area contributed by atoms with Gasteiger partial charge in [0, 0.05) is 5.02 Å². The number of nitrogens with zero attached hydrogens (tertiary/aromatic N) is 1. The fourth-order valence-corrected chi connectivity index (χ4v) is 4.44. The van der Waals surface area contributed by atoms with Crippen molar-refractivity contribution < 1.29 is 22.7 Å². The summed E-state index contributed by atoms with van der Waals surface area (Å²) < 4.78 is 46.3. The summed E-state index contributed by atoms with van der Waals surface area (Å²) in [6.45, 7) is 2.44. The van der Waals surface area contributed by atoms with E-state index in [1.807, 2.05) is 25.1 Å². The summed E-state index contributed by atoms with van der Waals surface area (Å²) in [5.41, 5.74) is -0.539. The third kappa shape index (κ3) is 5.09. The molecule has 3 aromatic rings. The summed E-state index contributed by atoms with van der Waals surface area (Å²) in [6.07, 6.45) is -4.62. The van der Waals surface area contributed by atoms with Gasteiger partial charge in [-0.25, -0.2) is 4.98 Å². The van der Waals surface area contributed by atoms with Crippen molar-refractivity contribution in [3.63, 3.8) is 0 Å². The second-order valence-electron chi connectivity index (χ2n) is 5.57. The van der Waals surface area contributed by atoms with E-state index in [1.165, 1.54) is 17.4 Å². The number of carbonyl (C=O) groups is 1. The number of thiazole rings is 1. The fourth-order valence-electron chi connectivity index (χ4n) is 2.38. The molecule has 148 valence electrons. The number of thioether (sulfide) groups is 1. The van der Waals surface area contributed by atoms with Crippen LogP contribution in [0.2, 0.25) is 5.02 Å². The second kappa shape index (κ2) is 8.59. The monoisotopic (exact) mass is 446 g/mol. The molecule has 1 aromatic heterocycles. The average molecular weight is 447 g/mol. The van der Waals surface area contributed by atoms with Gasteiger partial charge in [0.1, 0.15) is 5.75 Å². The van der Waals surface area contributed by atoms with Gasteiger partial charge in [0.2, 0.25) is 5.91 Å². The molecule has 1 heterocycles. The predicted molar refractivity (Wildman–Crippen MR) is 107 cm³/mol. The molecule has 0 fully saturated rings. The normalized spacial score (nSPS) is 11.6. The van der Waals surface area contributed by atoms with Gasteiger partial charge >= 0.3 is 6.18 Å². The zero-order chi connectivity index (χ0) is 20.3. The fraction of sp³-hybridized carbons (Fsp3) is 0.222. The third-order valence-electron chi connectivity index (χ3n) is 3.54. The van der Waals surface area contributed by atoms with Crippen LogP contribution in [-0.4, -0.2) is 23.3 Å². The molecule has 3 rings (SSSR count). The molecule has 28 heavy (non-hydrogen) atoms. The Morgan fingerprint density at radius 2 is 2.07 bits per heavy atom. The molecule has 0 saturated heterocycles. The van der Waals surface area contributed by atoms with Gasteiger partial charge in [0.15, 0.2) is 4.34 Å². The number of amides is 1. The maximum Gasteiger partial charge on any atom is 0.418 e. The minimum Gasteiger partial charge on any atom is -0.494 e. The van der Waals surface area contributed by atoms with E-state index in [9.17, 15) is 18.0 Å². The number of carbonyl (C=O) groups excluding carboxylic acids is 1. The average Bonchev–Trinajstić information content (AvgIpc) is 3.03. The van der Waals surface area contributed by atoms with Gasteiger partial charge in [-0.3, -0.25) is 4.79 Å². The van der Waals surface area contributed by atoms with Crippen molar-refractivity contribution in [3.05, 3.63) is 47.0 Å². The number of aromatic nitrogens is 1. The Morgan fingerprint density at radius 3 is 2.79 bits per heavy atom. The number of rotatable bonds is 6. The highest BCUT2D eigenvalue weighted by Gasteiger charge is 2.34. The minimum atomic E-state index is -4.62. The van der Waals surface area contributed by atoms with Crippen LogP contribution >= 0.6 is 34.7 Å². The topological polar surface area (TPSA) is 51.2 Å². The third-order valence-corrected chi connectivity index (χ3v) is 5.94. The molecule has 2 aromatic carbocycles. The predicted octanol–water partition coefficient (Wildman–Crippen LogP) is 6.10. The van der Waals surface area contributed by atoms with Crippen LogP contribution in [0.15, 0.2) is 40.7 Å². The molecule has 0 atom stereocenters. The van der Waals surface area contributed by atoms with E-state index in [0.717, 1.165) is 39.9 Å². The van der Waals surface area contributed by atoms with E-state index < -0.39 is 17.6 Å². The number of hydrogen-bond donors (Lipinski definition) is 1. The number of benzene rings is 2. The summed E-state index contributed by atoms with van der Waals surface area (Å²) in [5.74, 6) is 0.0976. The summed E-state index contributed by atoms with van der Waals surface area (Å²) in [4.78, 5) is 16.5. The molecule has 0 radical (unpaired) electrons. The van der Waals surface area contributed by atoms with Crippen LogP contribution in [0, 0.1) is 0 Å². The molecule has 0 bridgehead atoms. The summed E-state index contributed by atoms with van der Waals surface area (Å²) in [7, 11) is 0. The highest BCUT2D eigenvalue weighted by atomic mass is 35.5. The Kier molecular flexibility index (Phi) is 6.36. The second-order valence-corrected chi connectivity index (χ2v) is 8.26.